The predicted molar refractivity (Wildman–Crippen MR) is 29.6 cm³/mol. The maximum atomic E-state index is 4.50. The van der Waals surface area contributed by atoms with Gasteiger partial charge in [0.2, 0.25) is 0 Å². The summed E-state index contributed by atoms with van der Waals surface area (Å²) >= 11 is 3.79. The summed E-state index contributed by atoms with van der Waals surface area (Å²) < 4.78 is 0. The van der Waals surface area contributed by atoms with Crippen molar-refractivity contribution in [2.75, 3.05) is 12.8 Å². The Hall–Kier alpha value is 0.310. The third kappa shape index (κ3) is 239. The van der Waals surface area contributed by atoms with Gasteiger partial charge in [-0.15, -0.1) is 0 Å². The zero-order valence-corrected chi connectivity index (χ0v) is 4.63. The molecule has 0 saturated carbocycles. The van der Waals surface area contributed by atoms with Crippen LogP contribution in [0.2, 0.25) is 0 Å². The first kappa shape index (κ1) is 9.00. The first-order valence-electron chi connectivity index (χ1n) is 1.60. The maximum Gasteiger partial charge on any atom is -0.0126 e. The van der Waals surface area contributed by atoms with Gasteiger partial charge in [0, 0.05) is 0 Å². The van der Waals surface area contributed by atoms with Crippen molar-refractivity contribution in [3.05, 3.63) is 0 Å². The Bertz CT molecular complexity index is 6.85. The van der Waals surface area contributed by atoms with Gasteiger partial charge in [0.15, 0.2) is 0 Å². The lowest BCUT2D eigenvalue weighted by Gasteiger charge is -1.48. The van der Waals surface area contributed by atoms with Crippen LogP contribution in [0.5, 0.6) is 0 Å². The minimum Gasteiger partial charge on any atom is -0.333 e. The van der Waals surface area contributed by atoms with Crippen molar-refractivity contribution in [2.45, 2.75) is 6.92 Å². The van der Waals surface area contributed by atoms with Crippen molar-refractivity contribution < 1.29 is 0 Å². The molecule has 0 atom stereocenters. The highest BCUT2D eigenvalue weighted by Crippen LogP contribution is 1.58. The standard InChI is InChI=1S/C2H6S.CH5N/c1-2-3;1-2/h3H,2H2,1H3;2H2,1H3. The molecule has 2 heteroatoms. The molecule has 5 heavy (non-hydrogen) atoms. The molecular formula is C3H11NS. The monoisotopic (exact) mass is 93.1 g/mol. The average molecular weight is 93.2 g/mol. The normalized spacial score (nSPS) is 4.80. The fraction of sp³-hybridized carbons (Fsp3) is 1.00. The highest BCUT2D eigenvalue weighted by atomic mass is 32.1. The summed E-state index contributed by atoms with van der Waals surface area (Å²) in [6.45, 7) is 1.99. The van der Waals surface area contributed by atoms with Crippen molar-refractivity contribution in [1.82, 2.24) is 0 Å². The van der Waals surface area contributed by atoms with E-state index in [4.69, 9.17) is 0 Å². The van der Waals surface area contributed by atoms with Gasteiger partial charge in [-0.25, -0.2) is 0 Å². The highest BCUT2D eigenvalue weighted by Gasteiger charge is 1.35. The summed E-state index contributed by atoms with van der Waals surface area (Å²) in [5.74, 6) is 0.944. The van der Waals surface area contributed by atoms with E-state index in [1.54, 1.807) is 0 Å². The number of thiol groups is 1. The Morgan fingerprint density at radius 2 is 1.60 bits per heavy atom. The second-order valence-corrected chi connectivity index (χ2v) is 0.949. The Kier molecular flexibility index (Phi) is 49.5. The molecule has 0 spiro atoms. The first-order valence-corrected chi connectivity index (χ1v) is 2.23. The van der Waals surface area contributed by atoms with E-state index in [-0.39, 0.29) is 0 Å². The van der Waals surface area contributed by atoms with Gasteiger partial charge in [0.1, 0.15) is 0 Å². The number of rotatable bonds is 0. The van der Waals surface area contributed by atoms with Crippen LogP contribution in [0.25, 0.3) is 0 Å². The molecular weight excluding hydrogens is 82.1 g/mol. The zero-order valence-electron chi connectivity index (χ0n) is 3.73. The second kappa shape index (κ2) is 27.5. The molecule has 0 saturated heterocycles. The van der Waals surface area contributed by atoms with Gasteiger partial charge < -0.3 is 5.73 Å². The maximum absolute atomic E-state index is 4.50. The lowest BCUT2D eigenvalue weighted by Crippen LogP contribution is -1.69. The molecule has 0 aliphatic heterocycles. The molecule has 0 rings (SSSR count). The Morgan fingerprint density at radius 1 is 1.60 bits per heavy atom. The molecule has 0 aromatic carbocycles. The van der Waals surface area contributed by atoms with Gasteiger partial charge in [0.05, 0.1) is 0 Å². The number of hydrogen-bond donors (Lipinski definition) is 2. The van der Waals surface area contributed by atoms with Crippen molar-refractivity contribution >= 4 is 12.6 Å². The van der Waals surface area contributed by atoms with E-state index in [0.29, 0.717) is 0 Å². The summed E-state index contributed by atoms with van der Waals surface area (Å²) in [6, 6.07) is 0. The van der Waals surface area contributed by atoms with E-state index in [1.807, 2.05) is 6.92 Å². The predicted octanol–water partition coefficient (Wildman–Crippen LogP) is 0.511. The quantitative estimate of drug-likeness (QED) is 0.419. The minimum atomic E-state index is 0.944. The van der Waals surface area contributed by atoms with Crippen molar-refractivity contribution in [2.24, 2.45) is 5.73 Å². The van der Waals surface area contributed by atoms with Crippen LogP contribution in [0.3, 0.4) is 0 Å². The smallest absolute Gasteiger partial charge is 0.0126 e. The molecule has 0 fully saturated rings. The minimum absolute atomic E-state index is 0.944. The fourth-order valence-electron chi connectivity index (χ4n) is 0. The zero-order chi connectivity index (χ0) is 4.71. The van der Waals surface area contributed by atoms with Crippen molar-refractivity contribution in [1.29, 1.82) is 0 Å². The molecule has 0 unspecified atom stereocenters. The van der Waals surface area contributed by atoms with Crippen LogP contribution < -0.4 is 5.73 Å². The van der Waals surface area contributed by atoms with Gasteiger partial charge in [-0.1, -0.05) is 6.92 Å². The first-order chi connectivity index (χ1) is 2.41. The van der Waals surface area contributed by atoms with Crippen LogP contribution in [0.15, 0.2) is 0 Å². The van der Waals surface area contributed by atoms with Crippen molar-refractivity contribution in [3.8, 4) is 0 Å². The summed E-state index contributed by atoms with van der Waals surface area (Å²) in [4.78, 5) is 0. The Balaban J connectivity index is 0. The van der Waals surface area contributed by atoms with Crippen LogP contribution in [0, 0.1) is 0 Å². The molecule has 2 N–H and O–H groups in total. The molecule has 0 aromatic heterocycles. The Morgan fingerprint density at radius 3 is 1.60 bits per heavy atom. The molecule has 0 amide bonds. The molecule has 0 aromatic rings. The van der Waals surface area contributed by atoms with Crippen LogP contribution in [-0.2, 0) is 0 Å². The van der Waals surface area contributed by atoms with E-state index in [9.17, 15) is 0 Å². The molecule has 0 bridgehead atoms. The van der Waals surface area contributed by atoms with E-state index in [0.717, 1.165) is 5.75 Å². The largest absolute Gasteiger partial charge is 0.333 e. The van der Waals surface area contributed by atoms with E-state index in [1.165, 1.54) is 7.05 Å². The topological polar surface area (TPSA) is 26.0 Å². The number of hydrogen-bond acceptors (Lipinski definition) is 2. The summed E-state index contributed by atoms with van der Waals surface area (Å²) in [5, 5.41) is 0. The van der Waals surface area contributed by atoms with Gasteiger partial charge >= 0.3 is 0 Å². The summed E-state index contributed by atoms with van der Waals surface area (Å²) in [7, 11) is 1.50. The van der Waals surface area contributed by atoms with Crippen LogP contribution in [-0.4, -0.2) is 12.8 Å². The average Bonchev–Trinajstić information content (AvgIpc) is 1.46. The van der Waals surface area contributed by atoms with Crippen LogP contribution in [0.4, 0.5) is 0 Å². The molecule has 1 nitrogen and oxygen atoms in total. The van der Waals surface area contributed by atoms with E-state index < -0.39 is 0 Å². The van der Waals surface area contributed by atoms with Gasteiger partial charge in [-0.2, -0.15) is 12.6 Å². The lowest BCUT2D eigenvalue weighted by molar-refractivity contribution is 1.48. The van der Waals surface area contributed by atoms with Gasteiger partial charge in [0.25, 0.3) is 0 Å². The van der Waals surface area contributed by atoms with Crippen molar-refractivity contribution in [3.63, 3.8) is 0 Å². The summed E-state index contributed by atoms with van der Waals surface area (Å²) in [6.07, 6.45) is 0. The molecule has 0 radical (unpaired) electrons. The highest BCUT2D eigenvalue weighted by molar-refractivity contribution is 7.80. The van der Waals surface area contributed by atoms with E-state index in [2.05, 4.69) is 18.4 Å². The SMILES string of the molecule is CCS.CN. The Labute approximate surface area is 39.0 Å². The van der Waals surface area contributed by atoms with Crippen LogP contribution >= 0.6 is 12.6 Å². The molecule has 0 aliphatic carbocycles. The molecule has 34 valence electrons. The van der Waals surface area contributed by atoms with Crippen LogP contribution in [0.1, 0.15) is 6.92 Å². The third-order valence-electron chi connectivity index (χ3n) is 0. The third-order valence-corrected chi connectivity index (χ3v) is 0. The summed E-state index contributed by atoms with van der Waals surface area (Å²) in [5.41, 5.74) is 4.50. The fourth-order valence-corrected chi connectivity index (χ4v) is 0. The second-order valence-electron chi connectivity index (χ2n) is 0.316. The molecule has 0 heterocycles. The van der Waals surface area contributed by atoms with Gasteiger partial charge in [-0.3, -0.25) is 0 Å². The molecule has 0 aliphatic rings. The number of nitrogens with two attached hydrogens (primary N) is 1. The van der Waals surface area contributed by atoms with Gasteiger partial charge in [-0.05, 0) is 12.8 Å². The lowest BCUT2D eigenvalue weighted by atomic mass is 11.0. The van der Waals surface area contributed by atoms with E-state index >= 15 is 0 Å².